The van der Waals surface area contributed by atoms with Crippen LogP contribution in [-0.2, 0) is 11.0 Å². The van der Waals surface area contributed by atoms with Gasteiger partial charge >= 0.3 is 6.18 Å². The van der Waals surface area contributed by atoms with Crippen LogP contribution in [0.5, 0.6) is 0 Å². The number of rotatable bonds is 3. The molecule has 20 heavy (non-hydrogen) atoms. The number of anilines is 1. The van der Waals surface area contributed by atoms with Crippen molar-refractivity contribution < 1.29 is 18.0 Å². The van der Waals surface area contributed by atoms with E-state index in [1.165, 1.54) is 0 Å². The summed E-state index contributed by atoms with van der Waals surface area (Å²) in [6.07, 6.45) is -3.46. The van der Waals surface area contributed by atoms with Crippen LogP contribution in [0.4, 0.5) is 18.3 Å². The molecule has 5 nitrogen and oxygen atoms in total. The fourth-order valence-electron chi connectivity index (χ4n) is 1.92. The van der Waals surface area contributed by atoms with Crippen LogP contribution < -0.4 is 10.2 Å². The average molecular weight is 308 g/mol. The number of amides is 1. The predicted molar refractivity (Wildman–Crippen MR) is 69.8 cm³/mol. The third kappa shape index (κ3) is 3.60. The normalized spacial score (nSPS) is 17.3. The quantitative estimate of drug-likeness (QED) is 0.906. The van der Waals surface area contributed by atoms with Crippen molar-refractivity contribution in [3.63, 3.8) is 0 Å². The van der Waals surface area contributed by atoms with E-state index < -0.39 is 11.1 Å². The Balaban J connectivity index is 1.91. The molecule has 0 aromatic carbocycles. The average Bonchev–Trinajstić information content (AvgIpc) is 2.89. The van der Waals surface area contributed by atoms with Crippen LogP contribution in [0.2, 0.25) is 0 Å². The van der Waals surface area contributed by atoms with Crippen molar-refractivity contribution in [3.05, 3.63) is 11.1 Å². The molecule has 0 aliphatic carbocycles. The molecule has 1 saturated heterocycles. The second kappa shape index (κ2) is 5.96. The number of carbonyl (C=O) groups excluding carboxylic acids is 1. The van der Waals surface area contributed by atoms with Crippen LogP contribution >= 0.6 is 11.3 Å². The van der Waals surface area contributed by atoms with Gasteiger partial charge in [-0.15, -0.1) is 0 Å². The zero-order valence-corrected chi connectivity index (χ0v) is 11.7. The fourth-order valence-corrected chi connectivity index (χ4v) is 2.76. The molecule has 1 aromatic rings. The lowest BCUT2D eigenvalue weighted by Gasteiger charge is -2.33. The van der Waals surface area contributed by atoms with Crippen molar-refractivity contribution >= 4 is 22.4 Å². The summed E-state index contributed by atoms with van der Waals surface area (Å²) in [4.78, 5) is 18.2. The third-order valence-electron chi connectivity index (χ3n) is 3.06. The molecule has 1 N–H and O–H groups in total. The van der Waals surface area contributed by atoms with Crippen LogP contribution in [0.3, 0.4) is 0 Å². The summed E-state index contributed by atoms with van der Waals surface area (Å²) < 4.78 is 37.5. The van der Waals surface area contributed by atoms with Crippen molar-refractivity contribution in [2.75, 3.05) is 44.7 Å². The molecule has 9 heteroatoms. The number of alkyl halides is 3. The molecule has 0 unspecified atom stereocenters. The lowest BCUT2D eigenvalue weighted by atomic mass is 10.3. The highest BCUT2D eigenvalue weighted by Crippen LogP contribution is 2.36. The highest BCUT2D eigenvalue weighted by molar-refractivity contribution is 7.15. The molecule has 1 aliphatic heterocycles. The summed E-state index contributed by atoms with van der Waals surface area (Å²) in [7, 11) is 1.58. The van der Waals surface area contributed by atoms with Crippen molar-refractivity contribution in [1.82, 2.24) is 15.2 Å². The van der Waals surface area contributed by atoms with Crippen LogP contribution in [0.25, 0.3) is 0 Å². The summed E-state index contributed by atoms with van der Waals surface area (Å²) >= 11 is 0.658. The minimum Gasteiger partial charge on any atom is -0.358 e. The van der Waals surface area contributed by atoms with Gasteiger partial charge in [0.15, 0.2) is 5.13 Å². The number of halogens is 3. The Morgan fingerprint density at radius 1 is 1.40 bits per heavy atom. The molecule has 0 atom stereocenters. The molecule has 1 fully saturated rings. The zero-order chi connectivity index (χ0) is 14.8. The molecule has 2 rings (SSSR count). The number of nitrogens with one attached hydrogen (secondary N) is 1. The Morgan fingerprint density at radius 2 is 2.05 bits per heavy atom. The lowest BCUT2D eigenvalue weighted by molar-refractivity contribution is -0.134. The number of nitrogens with zero attached hydrogens (tertiary/aromatic N) is 3. The van der Waals surface area contributed by atoms with Gasteiger partial charge in [0, 0.05) is 33.2 Å². The van der Waals surface area contributed by atoms with Crippen molar-refractivity contribution in [2.24, 2.45) is 0 Å². The predicted octanol–water partition coefficient (Wildman–Crippen LogP) is 1.03. The van der Waals surface area contributed by atoms with E-state index in [0.29, 0.717) is 49.2 Å². The van der Waals surface area contributed by atoms with E-state index in [-0.39, 0.29) is 5.91 Å². The SMILES string of the molecule is CNC(=O)CN1CCN(c2ncc(C(F)(F)F)s2)CC1. The molecule has 0 saturated carbocycles. The van der Waals surface area contributed by atoms with E-state index in [0.717, 1.165) is 6.20 Å². The van der Waals surface area contributed by atoms with Gasteiger partial charge in [-0.1, -0.05) is 11.3 Å². The first-order chi connectivity index (χ1) is 9.40. The number of piperazine rings is 1. The number of aromatic nitrogens is 1. The largest absolute Gasteiger partial charge is 0.427 e. The molecular formula is C11H15F3N4OS. The molecule has 0 bridgehead atoms. The van der Waals surface area contributed by atoms with Gasteiger partial charge < -0.3 is 10.2 Å². The first kappa shape index (κ1) is 15.0. The molecule has 2 heterocycles. The Bertz CT molecular complexity index is 468. The number of hydrogen-bond acceptors (Lipinski definition) is 5. The molecule has 0 radical (unpaired) electrons. The summed E-state index contributed by atoms with van der Waals surface area (Å²) in [5, 5.41) is 2.93. The minimum absolute atomic E-state index is 0.0629. The van der Waals surface area contributed by atoms with E-state index in [2.05, 4.69) is 10.3 Å². The standard InChI is InChI=1S/C11H15F3N4OS/c1-15-9(19)7-17-2-4-18(5-3-17)10-16-6-8(20-10)11(12,13)14/h6H,2-5,7H2,1H3,(H,15,19). The number of hydrogen-bond donors (Lipinski definition) is 1. The molecule has 0 spiro atoms. The Morgan fingerprint density at radius 3 is 2.55 bits per heavy atom. The monoisotopic (exact) mass is 308 g/mol. The lowest BCUT2D eigenvalue weighted by Crippen LogP contribution is -2.49. The topological polar surface area (TPSA) is 48.5 Å². The molecule has 1 aromatic heterocycles. The van der Waals surface area contributed by atoms with Crippen LogP contribution in [0.15, 0.2) is 6.20 Å². The summed E-state index contributed by atoms with van der Waals surface area (Å²) in [6.45, 7) is 2.72. The Labute approximate surface area is 118 Å². The molecule has 1 amide bonds. The van der Waals surface area contributed by atoms with Crippen molar-refractivity contribution in [2.45, 2.75) is 6.18 Å². The van der Waals surface area contributed by atoms with Crippen molar-refractivity contribution in [1.29, 1.82) is 0 Å². The maximum atomic E-state index is 12.5. The number of thiazole rings is 1. The third-order valence-corrected chi connectivity index (χ3v) is 4.16. The Kier molecular flexibility index (Phi) is 4.48. The van der Waals surface area contributed by atoms with Crippen LogP contribution in [0, 0.1) is 0 Å². The van der Waals surface area contributed by atoms with Crippen LogP contribution in [-0.4, -0.2) is 55.6 Å². The van der Waals surface area contributed by atoms with Gasteiger partial charge in [0.25, 0.3) is 0 Å². The van der Waals surface area contributed by atoms with E-state index in [4.69, 9.17) is 0 Å². The highest BCUT2D eigenvalue weighted by atomic mass is 32.1. The zero-order valence-electron chi connectivity index (χ0n) is 10.9. The molecular weight excluding hydrogens is 293 g/mol. The van der Waals surface area contributed by atoms with Gasteiger partial charge in [0.1, 0.15) is 4.88 Å². The van der Waals surface area contributed by atoms with E-state index >= 15 is 0 Å². The first-order valence-electron chi connectivity index (χ1n) is 6.11. The van der Waals surface area contributed by atoms with Gasteiger partial charge in [0.2, 0.25) is 5.91 Å². The smallest absolute Gasteiger partial charge is 0.358 e. The van der Waals surface area contributed by atoms with E-state index in [1.54, 1.807) is 7.05 Å². The van der Waals surface area contributed by atoms with E-state index in [9.17, 15) is 18.0 Å². The van der Waals surface area contributed by atoms with Gasteiger partial charge in [0.05, 0.1) is 12.7 Å². The van der Waals surface area contributed by atoms with Gasteiger partial charge in [-0.3, -0.25) is 9.69 Å². The number of carbonyl (C=O) groups is 1. The summed E-state index contributed by atoms with van der Waals surface area (Å²) in [5.41, 5.74) is 0. The first-order valence-corrected chi connectivity index (χ1v) is 6.92. The van der Waals surface area contributed by atoms with Gasteiger partial charge in [-0.05, 0) is 0 Å². The maximum Gasteiger partial charge on any atom is 0.427 e. The highest BCUT2D eigenvalue weighted by Gasteiger charge is 2.34. The van der Waals surface area contributed by atoms with Crippen LogP contribution in [0.1, 0.15) is 4.88 Å². The van der Waals surface area contributed by atoms with Crippen molar-refractivity contribution in [3.8, 4) is 0 Å². The summed E-state index contributed by atoms with van der Waals surface area (Å²) in [6, 6.07) is 0. The molecule has 1 aliphatic rings. The minimum atomic E-state index is -4.34. The summed E-state index contributed by atoms with van der Waals surface area (Å²) in [5.74, 6) is -0.0629. The second-order valence-corrected chi connectivity index (χ2v) is 5.45. The molecule has 112 valence electrons. The second-order valence-electron chi connectivity index (χ2n) is 4.44. The van der Waals surface area contributed by atoms with Gasteiger partial charge in [-0.25, -0.2) is 4.98 Å². The Hall–Kier alpha value is -1.35. The van der Waals surface area contributed by atoms with Gasteiger partial charge in [-0.2, -0.15) is 13.2 Å². The maximum absolute atomic E-state index is 12.5. The van der Waals surface area contributed by atoms with E-state index in [1.807, 2.05) is 9.80 Å². The fraction of sp³-hybridized carbons (Fsp3) is 0.636. The number of likely N-dealkylation sites (N-methyl/N-ethyl adjacent to an activating group) is 1.